The highest BCUT2D eigenvalue weighted by molar-refractivity contribution is 6.11. The number of esters is 1. The molecule has 0 aliphatic heterocycles. The molecule has 1 aromatic heterocycles. The van der Waals surface area contributed by atoms with Crippen LogP contribution in [0, 0.1) is 11.3 Å². The Labute approximate surface area is 220 Å². The van der Waals surface area contributed by atoms with Crippen LogP contribution in [0.25, 0.3) is 27.8 Å². The molecule has 1 N–H and O–H groups in total. The molecule has 6 nitrogen and oxygen atoms in total. The van der Waals surface area contributed by atoms with Gasteiger partial charge in [0.2, 0.25) is 0 Å². The van der Waals surface area contributed by atoms with Crippen LogP contribution in [0.1, 0.15) is 28.4 Å². The molecule has 186 valence electrons. The minimum atomic E-state index is -0.526. The van der Waals surface area contributed by atoms with Gasteiger partial charge in [-0.25, -0.2) is 4.79 Å². The smallest absolute Gasteiger partial charge is 0.338 e. The SMILES string of the molecule is CCOC(=O)c1ccc(NC(=O)/C(C#N)=C/c2cn(Cc3cccc4ccccc34)c3ccccc23)cc1. The van der Waals surface area contributed by atoms with Gasteiger partial charge in [0, 0.05) is 34.9 Å². The van der Waals surface area contributed by atoms with E-state index >= 15 is 0 Å². The monoisotopic (exact) mass is 499 g/mol. The summed E-state index contributed by atoms with van der Waals surface area (Å²) in [6.07, 6.45) is 3.59. The molecular formula is C32H25N3O3. The van der Waals surface area contributed by atoms with Crippen LogP contribution in [-0.2, 0) is 16.1 Å². The second-order valence-electron chi connectivity index (χ2n) is 8.79. The summed E-state index contributed by atoms with van der Waals surface area (Å²) in [5.41, 5.74) is 3.82. The summed E-state index contributed by atoms with van der Waals surface area (Å²) in [5.74, 6) is -0.954. The first-order valence-electron chi connectivity index (χ1n) is 12.3. The Morgan fingerprint density at radius 3 is 2.39 bits per heavy atom. The number of para-hydroxylation sites is 1. The van der Waals surface area contributed by atoms with Crippen molar-refractivity contribution in [3.05, 3.63) is 119 Å². The third-order valence-corrected chi connectivity index (χ3v) is 6.36. The summed E-state index contributed by atoms with van der Waals surface area (Å²) in [5, 5.41) is 15.9. The number of hydrogen-bond donors (Lipinski definition) is 1. The number of amides is 1. The molecule has 5 aromatic rings. The van der Waals surface area contributed by atoms with Crippen LogP contribution in [0.15, 0.2) is 103 Å². The maximum Gasteiger partial charge on any atom is 0.338 e. The summed E-state index contributed by atoms with van der Waals surface area (Å²) in [4.78, 5) is 24.8. The van der Waals surface area contributed by atoms with Crippen molar-refractivity contribution in [3.63, 3.8) is 0 Å². The van der Waals surface area contributed by atoms with Crippen LogP contribution < -0.4 is 5.32 Å². The number of anilines is 1. The third-order valence-electron chi connectivity index (χ3n) is 6.36. The number of hydrogen-bond acceptors (Lipinski definition) is 4. The van der Waals surface area contributed by atoms with Crippen LogP contribution in [0.3, 0.4) is 0 Å². The minimum absolute atomic E-state index is 0.0208. The first-order valence-corrected chi connectivity index (χ1v) is 12.3. The van der Waals surface area contributed by atoms with E-state index in [0.717, 1.165) is 16.5 Å². The van der Waals surface area contributed by atoms with Gasteiger partial charge in [-0.15, -0.1) is 0 Å². The Morgan fingerprint density at radius 1 is 0.921 bits per heavy atom. The Bertz CT molecular complexity index is 1720. The maximum absolute atomic E-state index is 12.9. The number of nitriles is 1. The summed E-state index contributed by atoms with van der Waals surface area (Å²) in [6, 6.07) is 30.9. The number of ether oxygens (including phenoxy) is 1. The molecule has 0 saturated heterocycles. The van der Waals surface area contributed by atoms with Gasteiger partial charge in [0.05, 0.1) is 12.2 Å². The lowest BCUT2D eigenvalue weighted by molar-refractivity contribution is -0.112. The zero-order chi connectivity index (χ0) is 26.5. The first-order chi connectivity index (χ1) is 18.6. The fraction of sp³-hybridized carbons (Fsp3) is 0.0938. The van der Waals surface area contributed by atoms with Crippen molar-refractivity contribution in [1.29, 1.82) is 5.26 Å². The topological polar surface area (TPSA) is 84.1 Å². The molecule has 0 fully saturated rings. The lowest BCUT2D eigenvalue weighted by atomic mass is 10.0. The molecule has 38 heavy (non-hydrogen) atoms. The molecule has 0 aliphatic rings. The largest absolute Gasteiger partial charge is 0.462 e. The standard InChI is InChI=1S/C32H25N3O3/c1-2-38-32(37)23-14-16-27(17-15-23)34-31(36)25(19-33)18-26-21-35(30-13-6-5-12-29(26)30)20-24-10-7-9-22-8-3-4-11-28(22)24/h3-18,21H,2,20H2,1H3,(H,34,36)/b25-18+. The van der Waals surface area contributed by atoms with Gasteiger partial charge < -0.3 is 14.6 Å². The Kier molecular flexibility index (Phi) is 7.01. The summed E-state index contributed by atoms with van der Waals surface area (Å²) >= 11 is 0. The molecule has 0 aliphatic carbocycles. The van der Waals surface area contributed by atoms with Gasteiger partial charge in [-0.3, -0.25) is 4.79 Å². The number of fused-ring (bicyclic) bond motifs is 2. The lowest BCUT2D eigenvalue weighted by Crippen LogP contribution is -2.13. The van der Waals surface area contributed by atoms with Crippen molar-refractivity contribution < 1.29 is 14.3 Å². The number of nitrogens with one attached hydrogen (secondary N) is 1. The molecule has 0 spiro atoms. The highest BCUT2D eigenvalue weighted by atomic mass is 16.5. The van der Waals surface area contributed by atoms with E-state index < -0.39 is 11.9 Å². The number of aromatic nitrogens is 1. The zero-order valence-corrected chi connectivity index (χ0v) is 20.8. The molecule has 0 atom stereocenters. The maximum atomic E-state index is 12.9. The quantitative estimate of drug-likeness (QED) is 0.156. The van der Waals surface area contributed by atoms with Gasteiger partial charge in [-0.2, -0.15) is 5.26 Å². The van der Waals surface area contributed by atoms with Crippen LogP contribution >= 0.6 is 0 Å². The molecule has 5 rings (SSSR count). The van der Waals surface area contributed by atoms with Gasteiger partial charge in [0.1, 0.15) is 11.6 Å². The molecule has 1 heterocycles. The fourth-order valence-electron chi connectivity index (χ4n) is 4.54. The average Bonchev–Trinajstić information content (AvgIpc) is 3.29. The van der Waals surface area contributed by atoms with E-state index in [2.05, 4.69) is 40.2 Å². The highest BCUT2D eigenvalue weighted by Gasteiger charge is 2.14. The number of rotatable bonds is 7. The van der Waals surface area contributed by atoms with Crippen LogP contribution in [0.4, 0.5) is 5.69 Å². The number of nitrogens with zero attached hydrogens (tertiary/aromatic N) is 2. The van der Waals surface area contributed by atoms with Crippen molar-refractivity contribution in [1.82, 2.24) is 4.57 Å². The van der Waals surface area contributed by atoms with Gasteiger partial charge in [0.25, 0.3) is 5.91 Å². The summed E-state index contributed by atoms with van der Waals surface area (Å²) in [6.45, 7) is 2.67. The second-order valence-corrected chi connectivity index (χ2v) is 8.79. The fourth-order valence-corrected chi connectivity index (χ4v) is 4.54. The molecule has 4 aromatic carbocycles. The normalized spacial score (nSPS) is 11.3. The molecule has 0 bridgehead atoms. The van der Waals surface area contributed by atoms with Crippen LogP contribution in [-0.4, -0.2) is 23.1 Å². The van der Waals surface area contributed by atoms with Crippen molar-refractivity contribution in [2.45, 2.75) is 13.5 Å². The Hall–Kier alpha value is -5.15. The summed E-state index contributed by atoms with van der Waals surface area (Å²) in [7, 11) is 0. The highest BCUT2D eigenvalue weighted by Crippen LogP contribution is 2.27. The predicted molar refractivity (Wildman–Crippen MR) is 150 cm³/mol. The van der Waals surface area contributed by atoms with Crippen molar-refractivity contribution in [3.8, 4) is 6.07 Å². The minimum Gasteiger partial charge on any atom is -0.462 e. The van der Waals surface area contributed by atoms with Gasteiger partial charge in [-0.05, 0) is 59.7 Å². The average molecular weight is 500 g/mol. The Balaban J connectivity index is 1.43. The molecule has 0 radical (unpaired) electrons. The van der Waals surface area contributed by atoms with Crippen molar-refractivity contribution in [2.24, 2.45) is 0 Å². The van der Waals surface area contributed by atoms with E-state index in [1.807, 2.05) is 48.7 Å². The third kappa shape index (κ3) is 5.04. The van der Waals surface area contributed by atoms with Crippen LogP contribution in [0.5, 0.6) is 0 Å². The first kappa shape index (κ1) is 24.5. The Morgan fingerprint density at radius 2 is 1.63 bits per heavy atom. The van der Waals surface area contributed by atoms with E-state index in [1.165, 1.54) is 16.3 Å². The zero-order valence-electron chi connectivity index (χ0n) is 20.8. The van der Waals surface area contributed by atoms with E-state index in [1.54, 1.807) is 37.3 Å². The van der Waals surface area contributed by atoms with Gasteiger partial charge >= 0.3 is 5.97 Å². The van der Waals surface area contributed by atoms with Crippen molar-refractivity contribution in [2.75, 3.05) is 11.9 Å². The number of benzene rings is 4. The molecule has 6 heteroatoms. The van der Waals surface area contributed by atoms with Crippen molar-refractivity contribution >= 4 is 45.3 Å². The molecular weight excluding hydrogens is 474 g/mol. The van der Waals surface area contributed by atoms with E-state index in [4.69, 9.17) is 4.74 Å². The predicted octanol–water partition coefficient (Wildman–Crippen LogP) is 6.57. The van der Waals surface area contributed by atoms with E-state index in [-0.39, 0.29) is 12.2 Å². The second kappa shape index (κ2) is 10.9. The lowest BCUT2D eigenvalue weighted by Gasteiger charge is -2.09. The number of carbonyl (C=O) groups excluding carboxylic acids is 2. The molecule has 0 unspecified atom stereocenters. The van der Waals surface area contributed by atoms with Gasteiger partial charge in [-0.1, -0.05) is 60.7 Å². The molecule has 1 amide bonds. The van der Waals surface area contributed by atoms with Crippen LogP contribution in [0.2, 0.25) is 0 Å². The number of carbonyl (C=O) groups is 2. The molecule has 0 saturated carbocycles. The summed E-state index contributed by atoms with van der Waals surface area (Å²) < 4.78 is 7.13. The van der Waals surface area contributed by atoms with Gasteiger partial charge in [0.15, 0.2) is 0 Å². The van der Waals surface area contributed by atoms with E-state index in [9.17, 15) is 14.9 Å². The van der Waals surface area contributed by atoms with E-state index in [0.29, 0.717) is 17.8 Å².